The lowest BCUT2D eigenvalue weighted by Crippen LogP contribution is -2.22. The second-order valence-corrected chi connectivity index (χ2v) is 5.00. The van der Waals surface area contributed by atoms with Crippen LogP contribution in [0.25, 0.3) is 6.08 Å². The molecule has 0 radical (unpaired) electrons. The molecule has 24 heavy (non-hydrogen) atoms. The van der Waals surface area contributed by atoms with Crippen LogP contribution in [-0.4, -0.2) is 38.2 Å². The monoisotopic (exact) mass is 354 g/mol. The maximum Gasteiger partial charge on any atom is 0.344 e. The fourth-order valence-corrected chi connectivity index (χ4v) is 2.22. The molecule has 2 N–H and O–H groups in total. The smallest absolute Gasteiger partial charge is 0.344 e. The van der Waals surface area contributed by atoms with Gasteiger partial charge in [0.25, 0.3) is 5.91 Å². The Bertz CT molecular complexity index is 716. The number of urea groups is 1. The molecule has 1 heterocycles. The maximum absolute atomic E-state index is 11.5. The molecule has 1 aliphatic heterocycles. The van der Waals surface area contributed by atoms with E-state index in [1.165, 1.54) is 19.3 Å². The van der Waals surface area contributed by atoms with Crippen LogP contribution in [0.5, 0.6) is 11.5 Å². The zero-order valence-corrected chi connectivity index (χ0v) is 13.7. The van der Waals surface area contributed by atoms with Gasteiger partial charge >= 0.3 is 12.0 Å². The molecule has 0 bridgehead atoms. The third kappa shape index (κ3) is 4.17. The lowest BCUT2D eigenvalue weighted by molar-refractivity contribution is -0.145. The first-order chi connectivity index (χ1) is 11.4. The standard InChI is InChI=1S/C15H15ClN2O6/c1-3-23-12(19)7-24-13-9(16)4-8(6-11(13)22-2)5-10-14(20)18-15(21)17-10/h4-6H,3,7H2,1-2H3,(H2,17,18,20,21)/b10-5-. The number of amides is 3. The Morgan fingerprint density at radius 3 is 2.62 bits per heavy atom. The van der Waals surface area contributed by atoms with Crippen molar-refractivity contribution in [1.29, 1.82) is 0 Å². The van der Waals surface area contributed by atoms with Crippen molar-refractivity contribution in [2.75, 3.05) is 20.3 Å². The molecule has 9 heteroatoms. The van der Waals surface area contributed by atoms with E-state index in [1.807, 2.05) is 0 Å². The van der Waals surface area contributed by atoms with E-state index in [0.717, 1.165) is 0 Å². The van der Waals surface area contributed by atoms with Crippen molar-refractivity contribution in [1.82, 2.24) is 10.6 Å². The largest absolute Gasteiger partial charge is 0.493 e. The highest BCUT2D eigenvalue weighted by Crippen LogP contribution is 2.37. The predicted octanol–water partition coefficient (Wildman–Crippen LogP) is 1.47. The van der Waals surface area contributed by atoms with Gasteiger partial charge in [0, 0.05) is 0 Å². The van der Waals surface area contributed by atoms with Gasteiger partial charge in [-0.2, -0.15) is 0 Å². The SMILES string of the molecule is CCOC(=O)COc1c(Cl)cc(/C=C2\NC(=O)NC2=O)cc1OC. The molecule has 1 aromatic carbocycles. The van der Waals surface area contributed by atoms with Crippen molar-refractivity contribution in [3.8, 4) is 11.5 Å². The maximum atomic E-state index is 11.5. The van der Waals surface area contributed by atoms with E-state index >= 15 is 0 Å². The molecule has 0 saturated carbocycles. The number of benzene rings is 1. The normalized spacial score (nSPS) is 15.0. The van der Waals surface area contributed by atoms with Gasteiger partial charge in [0.15, 0.2) is 18.1 Å². The summed E-state index contributed by atoms with van der Waals surface area (Å²) in [6.45, 7) is 1.61. The average molecular weight is 355 g/mol. The number of carbonyl (C=O) groups is 3. The van der Waals surface area contributed by atoms with Gasteiger partial charge in [0.05, 0.1) is 18.7 Å². The lowest BCUT2D eigenvalue weighted by Gasteiger charge is -2.13. The second-order valence-electron chi connectivity index (χ2n) is 4.59. The third-order valence-electron chi connectivity index (χ3n) is 2.92. The van der Waals surface area contributed by atoms with Gasteiger partial charge < -0.3 is 19.5 Å². The first-order valence-corrected chi connectivity index (χ1v) is 7.32. The van der Waals surface area contributed by atoms with Gasteiger partial charge in [-0.3, -0.25) is 10.1 Å². The van der Waals surface area contributed by atoms with Crippen LogP contribution in [0.1, 0.15) is 12.5 Å². The zero-order chi connectivity index (χ0) is 17.7. The number of hydrogen-bond donors (Lipinski definition) is 2. The Labute approximate surface area is 142 Å². The quantitative estimate of drug-likeness (QED) is 0.455. The minimum absolute atomic E-state index is 0.0818. The minimum Gasteiger partial charge on any atom is -0.493 e. The van der Waals surface area contributed by atoms with E-state index in [1.54, 1.807) is 13.0 Å². The summed E-state index contributed by atoms with van der Waals surface area (Å²) in [6.07, 6.45) is 1.43. The van der Waals surface area contributed by atoms with Crippen molar-refractivity contribution < 1.29 is 28.6 Å². The van der Waals surface area contributed by atoms with Crippen LogP contribution >= 0.6 is 11.6 Å². The molecule has 2 rings (SSSR count). The first-order valence-electron chi connectivity index (χ1n) is 6.94. The summed E-state index contributed by atoms with van der Waals surface area (Å²) in [6, 6.07) is 2.46. The Morgan fingerprint density at radius 1 is 1.29 bits per heavy atom. The number of methoxy groups -OCH3 is 1. The molecule has 0 aliphatic carbocycles. The molecule has 8 nitrogen and oxygen atoms in total. The summed E-state index contributed by atoms with van der Waals surface area (Å²) in [5.74, 6) is -0.637. The molecule has 0 unspecified atom stereocenters. The van der Waals surface area contributed by atoms with Crippen molar-refractivity contribution >= 4 is 35.6 Å². The molecule has 128 valence electrons. The number of nitrogens with one attached hydrogen (secondary N) is 2. The van der Waals surface area contributed by atoms with E-state index in [0.29, 0.717) is 5.56 Å². The van der Waals surface area contributed by atoms with Gasteiger partial charge in [-0.05, 0) is 30.7 Å². The molecule has 3 amide bonds. The number of imide groups is 1. The number of halogens is 1. The van der Waals surface area contributed by atoms with Crippen molar-refractivity contribution in [2.24, 2.45) is 0 Å². The van der Waals surface area contributed by atoms with Crippen LogP contribution in [0.2, 0.25) is 5.02 Å². The van der Waals surface area contributed by atoms with Gasteiger partial charge in [0.1, 0.15) is 5.70 Å². The summed E-state index contributed by atoms with van der Waals surface area (Å²) in [7, 11) is 1.41. The topological polar surface area (TPSA) is 103 Å². The number of rotatable bonds is 6. The molecule has 1 fully saturated rings. The highest BCUT2D eigenvalue weighted by molar-refractivity contribution is 6.32. The number of carbonyl (C=O) groups excluding carboxylic acids is 3. The molecule has 1 saturated heterocycles. The average Bonchev–Trinajstić information content (AvgIpc) is 2.83. The van der Waals surface area contributed by atoms with Gasteiger partial charge in [-0.15, -0.1) is 0 Å². The Kier molecular flexibility index (Phi) is 5.64. The summed E-state index contributed by atoms with van der Waals surface area (Å²) in [4.78, 5) is 34.0. The van der Waals surface area contributed by atoms with Crippen molar-refractivity contribution in [3.63, 3.8) is 0 Å². The Hall–Kier alpha value is -2.74. The first kappa shape index (κ1) is 17.6. The van der Waals surface area contributed by atoms with Crippen LogP contribution < -0.4 is 20.1 Å². The van der Waals surface area contributed by atoms with Crippen LogP contribution in [0.15, 0.2) is 17.8 Å². The number of ether oxygens (including phenoxy) is 3. The lowest BCUT2D eigenvalue weighted by atomic mass is 10.1. The Balaban J connectivity index is 2.24. The van der Waals surface area contributed by atoms with E-state index in [4.69, 9.17) is 25.8 Å². The van der Waals surface area contributed by atoms with Gasteiger partial charge in [-0.25, -0.2) is 9.59 Å². The van der Waals surface area contributed by atoms with Crippen molar-refractivity contribution in [2.45, 2.75) is 6.92 Å². The number of hydrogen-bond acceptors (Lipinski definition) is 6. The molecule has 0 atom stereocenters. The van der Waals surface area contributed by atoms with Crippen LogP contribution in [0.4, 0.5) is 4.79 Å². The summed E-state index contributed by atoms with van der Waals surface area (Å²) < 4.78 is 15.3. The minimum atomic E-state index is -0.598. The fourth-order valence-electron chi connectivity index (χ4n) is 1.95. The van der Waals surface area contributed by atoms with Crippen molar-refractivity contribution in [3.05, 3.63) is 28.4 Å². The van der Waals surface area contributed by atoms with Crippen LogP contribution in [0.3, 0.4) is 0 Å². The zero-order valence-electron chi connectivity index (χ0n) is 13.0. The van der Waals surface area contributed by atoms with E-state index in [-0.39, 0.29) is 35.4 Å². The number of esters is 1. The molecule has 0 aromatic heterocycles. The van der Waals surface area contributed by atoms with Crippen LogP contribution in [-0.2, 0) is 14.3 Å². The second kappa shape index (κ2) is 7.69. The summed E-state index contributed by atoms with van der Waals surface area (Å²) in [5.41, 5.74) is 0.589. The van der Waals surface area contributed by atoms with E-state index in [9.17, 15) is 14.4 Å². The molecular formula is C15H15ClN2O6. The Morgan fingerprint density at radius 2 is 2.04 bits per heavy atom. The molecular weight excluding hydrogens is 340 g/mol. The van der Waals surface area contributed by atoms with Gasteiger partial charge in [-0.1, -0.05) is 11.6 Å². The predicted molar refractivity (Wildman–Crippen MR) is 84.8 cm³/mol. The van der Waals surface area contributed by atoms with Crippen LogP contribution in [0, 0.1) is 0 Å². The summed E-state index contributed by atoms with van der Waals surface area (Å²) >= 11 is 6.15. The highest BCUT2D eigenvalue weighted by atomic mass is 35.5. The summed E-state index contributed by atoms with van der Waals surface area (Å²) in [5, 5.41) is 4.63. The molecule has 0 spiro atoms. The van der Waals surface area contributed by atoms with Gasteiger partial charge in [0.2, 0.25) is 0 Å². The molecule has 1 aromatic rings. The molecule has 1 aliphatic rings. The van der Waals surface area contributed by atoms with E-state index < -0.39 is 17.9 Å². The third-order valence-corrected chi connectivity index (χ3v) is 3.20. The van der Waals surface area contributed by atoms with E-state index in [2.05, 4.69) is 10.6 Å². The highest BCUT2D eigenvalue weighted by Gasteiger charge is 2.23. The fraction of sp³-hybridized carbons (Fsp3) is 0.267.